The van der Waals surface area contributed by atoms with Crippen LogP contribution in [-0.4, -0.2) is 24.2 Å². The monoisotopic (exact) mass is 243 g/mol. The molecule has 0 aromatic carbocycles. The van der Waals surface area contributed by atoms with E-state index in [1.54, 1.807) is 0 Å². The first-order valence-corrected chi connectivity index (χ1v) is 7.07. The van der Waals surface area contributed by atoms with Gasteiger partial charge in [0.2, 0.25) is 0 Å². The summed E-state index contributed by atoms with van der Waals surface area (Å²) >= 11 is 0. The van der Waals surface area contributed by atoms with Crippen LogP contribution in [-0.2, 0) is 4.79 Å². The lowest BCUT2D eigenvalue weighted by molar-refractivity contribution is -0.134. The summed E-state index contributed by atoms with van der Waals surface area (Å²) in [5.41, 5.74) is 0. The Morgan fingerprint density at radius 2 is 1.94 bits per heavy atom. The highest BCUT2D eigenvalue weighted by atomic mass is 16.4. The Hall–Kier alpha value is -0.570. The maximum absolute atomic E-state index is 9.00. The van der Waals surface area contributed by atoms with E-state index in [9.17, 15) is 0 Å². The molecule has 1 fully saturated rings. The van der Waals surface area contributed by atoms with E-state index in [0.29, 0.717) is 0 Å². The van der Waals surface area contributed by atoms with E-state index < -0.39 is 5.97 Å². The van der Waals surface area contributed by atoms with Crippen LogP contribution in [0.15, 0.2) is 0 Å². The molecule has 0 spiro atoms. The van der Waals surface area contributed by atoms with Gasteiger partial charge in [-0.1, -0.05) is 39.0 Å². The second kappa shape index (κ2) is 11.9. The molecular formula is C14H29NO2. The van der Waals surface area contributed by atoms with E-state index in [2.05, 4.69) is 12.2 Å². The van der Waals surface area contributed by atoms with Gasteiger partial charge in [-0.05, 0) is 38.3 Å². The van der Waals surface area contributed by atoms with Gasteiger partial charge in [-0.2, -0.15) is 0 Å². The van der Waals surface area contributed by atoms with Gasteiger partial charge in [-0.25, -0.2) is 0 Å². The summed E-state index contributed by atoms with van der Waals surface area (Å²) in [5.74, 6) is 0.162. The number of unbranched alkanes of at least 4 members (excludes halogenated alkanes) is 4. The molecule has 0 bridgehead atoms. The molecule has 17 heavy (non-hydrogen) atoms. The Morgan fingerprint density at radius 1 is 1.29 bits per heavy atom. The Balaban J connectivity index is 0.000000557. The van der Waals surface area contributed by atoms with Crippen LogP contribution in [0.3, 0.4) is 0 Å². The molecule has 1 aliphatic heterocycles. The SMILES string of the molecule is CC(=O)O.CCCCCCCC1CCCNC1. The van der Waals surface area contributed by atoms with Crippen molar-refractivity contribution in [3.05, 3.63) is 0 Å². The summed E-state index contributed by atoms with van der Waals surface area (Å²) in [6, 6.07) is 0. The lowest BCUT2D eigenvalue weighted by Crippen LogP contribution is -2.29. The Labute approximate surface area is 106 Å². The van der Waals surface area contributed by atoms with Gasteiger partial charge in [0, 0.05) is 6.92 Å². The molecular weight excluding hydrogens is 214 g/mol. The van der Waals surface area contributed by atoms with Crippen LogP contribution in [0, 0.1) is 5.92 Å². The van der Waals surface area contributed by atoms with Crippen molar-refractivity contribution in [3.8, 4) is 0 Å². The van der Waals surface area contributed by atoms with Gasteiger partial charge in [0.05, 0.1) is 0 Å². The number of hydrogen-bond acceptors (Lipinski definition) is 2. The highest BCUT2D eigenvalue weighted by Crippen LogP contribution is 2.17. The number of nitrogens with one attached hydrogen (secondary N) is 1. The van der Waals surface area contributed by atoms with Crippen LogP contribution in [0.4, 0.5) is 0 Å². The van der Waals surface area contributed by atoms with Gasteiger partial charge in [0.1, 0.15) is 0 Å². The lowest BCUT2D eigenvalue weighted by Gasteiger charge is -2.22. The van der Waals surface area contributed by atoms with Crippen molar-refractivity contribution in [2.75, 3.05) is 13.1 Å². The maximum Gasteiger partial charge on any atom is 0.300 e. The minimum absolute atomic E-state index is 0.833. The van der Waals surface area contributed by atoms with Crippen LogP contribution >= 0.6 is 0 Å². The minimum atomic E-state index is -0.833. The molecule has 3 nitrogen and oxygen atoms in total. The van der Waals surface area contributed by atoms with Gasteiger partial charge in [0.15, 0.2) is 0 Å². The first kappa shape index (κ1) is 16.4. The molecule has 0 amide bonds. The molecule has 1 rings (SSSR count). The summed E-state index contributed by atoms with van der Waals surface area (Å²) in [6.07, 6.45) is 11.5. The quantitative estimate of drug-likeness (QED) is 0.703. The first-order valence-electron chi connectivity index (χ1n) is 7.07. The van der Waals surface area contributed by atoms with Gasteiger partial charge < -0.3 is 10.4 Å². The number of carboxylic acids is 1. The molecule has 1 saturated heterocycles. The molecule has 1 aliphatic rings. The molecule has 0 aliphatic carbocycles. The van der Waals surface area contributed by atoms with Crippen molar-refractivity contribution in [3.63, 3.8) is 0 Å². The van der Waals surface area contributed by atoms with Gasteiger partial charge in [-0.3, -0.25) is 4.79 Å². The van der Waals surface area contributed by atoms with E-state index in [4.69, 9.17) is 9.90 Å². The lowest BCUT2D eigenvalue weighted by atomic mass is 9.93. The molecule has 102 valence electrons. The Kier molecular flexibility index (Phi) is 11.5. The van der Waals surface area contributed by atoms with E-state index in [-0.39, 0.29) is 0 Å². The third kappa shape index (κ3) is 13.4. The van der Waals surface area contributed by atoms with E-state index in [1.165, 1.54) is 64.5 Å². The van der Waals surface area contributed by atoms with Crippen molar-refractivity contribution in [1.82, 2.24) is 5.32 Å². The van der Waals surface area contributed by atoms with Gasteiger partial charge in [-0.15, -0.1) is 0 Å². The third-order valence-electron chi connectivity index (χ3n) is 3.11. The molecule has 2 N–H and O–H groups in total. The summed E-state index contributed by atoms with van der Waals surface area (Å²) < 4.78 is 0. The van der Waals surface area contributed by atoms with Crippen LogP contribution < -0.4 is 5.32 Å². The fourth-order valence-electron chi connectivity index (χ4n) is 2.21. The van der Waals surface area contributed by atoms with Crippen LogP contribution in [0.25, 0.3) is 0 Å². The number of aliphatic carboxylic acids is 1. The first-order chi connectivity index (χ1) is 8.16. The molecule has 3 heteroatoms. The predicted octanol–water partition coefficient (Wildman–Crippen LogP) is 3.44. The van der Waals surface area contributed by atoms with Crippen molar-refractivity contribution < 1.29 is 9.90 Å². The summed E-state index contributed by atoms with van der Waals surface area (Å²) in [5, 5.41) is 10.9. The number of carboxylic acid groups (broad SMARTS) is 1. The van der Waals surface area contributed by atoms with Gasteiger partial charge in [0.25, 0.3) is 5.97 Å². The zero-order valence-corrected chi connectivity index (χ0v) is 11.5. The number of rotatable bonds is 6. The van der Waals surface area contributed by atoms with Crippen molar-refractivity contribution in [2.24, 2.45) is 5.92 Å². The zero-order valence-electron chi connectivity index (χ0n) is 11.5. The zero-order chi connectivity index (χ0) is 12.9. The topological polar surface area (TPSA) is 49.3 Å². The predicted molar refractivity (Wildman–Crippen MR) is 72.3 cm³/mol. The largest absolute Gasteiger partial charge is 0.481 e. The summed E-state index contributed by atoms with van der Waals surface area (Å²) in [6.45, 7) is 5.91. The Bertz CT molecular complexity index is 173. The van der Waals surface area contributed by atoms with E-state index >= 15 is 0 Å². The van der Waals surface area contributed by atoms with E-state index in [0.717, 1.165) is 12.8 Å². The van der Waals surface area contributed by atoms with Crippen LogP contribution in [0.2, 0.25) is 0 Å². The average Bonchev–Trinajstić information content (AvgIpc) is 2.29. The molecule has 0 saturated carbocycles. The van der Waals surface area contributed by atoms with Gasteiger partial charge >= 0.3 is 0 Å². The summed E-state index contributed by atoms with van der Waals surface area (Å²) in [7, 11) is 0. The van der Waals surface area contributed by atoms with E-state index in [1.807, 2.05) is 0 Å². The molecule has 0 aromatic rings. The number of hydrogen-bond donors (Lipinski definition) is 2. The fourth-order valence-corrected chi connectivity index (χ4v) is 2.21. The molecule has 0 radical (unpaired) electrons. The van der Waals surface area contributed by atoms with Crippen molar-refractivity contribution in [1.29, 1.82) is 0 Å². The highest BCUT2D eigenvalue weighted by molar-refractivity contribution is 5.62. The second-order valence-electron chi connectivity index (χ2n) is 4.93. The minimum Gasteiger partial charge on any atom is -0.481 e. The normalized spacial score (nSPS) is 19.3. The van der Waals surface area contributed by atoms with Crippen LogP contribution in [0.5, 0.6) is 0 Å². The van der Waals surface area contributed by atoms with Crippen LogP contribution in [0.1, 0.15) is 65.2 Å². The fraction of sp³-hybridized carbons (Fsp3) is 0.929. The smallest absolute Gasteiger partial charge is 0.300 e. The number of piperidine rings is 1. The second-order valence-corrected chi connectivity index (χ2v) is 4.93. The molecule has 0 aromatic heterocycles. The molecule has 1 atom stereocenters. The third-order valence-corrected chi connectivity index (χ3v) is 3.11. The summed E-state index contributed by atoms with van der Waals surface area (Å²) in [4.78, 5) is 9.00. The molecule has 1 unspecified atom stereocenters. The molecule has 1 heterocycles. The van der Waals surface area contributed by atoms with Crippen molar-refractivity contribution >= 4 is 5.97 Å². The average molecular weight is 243 g/mol. The maximum atomic E-state index is 9.00. The standard InChI is InChI=1S/C12H25N.C2H4O2/c1-2-3-4-5-6-8-12-9-7-10-13-11-12;1-2(3)4/h12-13H,2-11H2,1H3;1H3,(H,3,4). The number of carbonyl (C=O) groups is 1. The Morgan fingerprint density at radius 3 is 2.47 bits per heavy atom. The van der Waals surface area contributed by atoms with Crippen molar-refractivity contribution in [2.45, 2.75) is 65.2 Å². The highest BCUT2D eigenvalue weighted by Gasteiger charge is 2.11.